The number of nitrogens with zero attached hydrogens (tertiary/aromatic N) is 2. The maximum Gasteiger partial charge on any atom is 0.254 e. The van der Waals surface area contributed by atoms with Crippen molar-refractivity contribution >= 4 is 5.91 Å². The topological polar surface area (TPSA) is 42.0 Å². The monoisotopic (exact) mass is 332 g/mol. The summed E-state index contributed by atoms with van der Waals surface area (Å²) in [6, 6.07) is 7.46. The van der Waals surface area contributed by atoms with E-state index in [4.69, 9.17) is 9.47 Å². The second-order valence-electron chi connectivity index (χ2n) is 7.35. The largest absolute Gasteiger partial charge is 0.497 e. The first-order chi connectivity index (χ1) is 11.5. The Morgan fingerprint density at radius 2 is 2.12 bits per heavy atom. The zero-order valence-corrected chi connectivity index (χ0v) is 15.0. The van der Waals surface area contributed by atoms with Crippen LogP contribution in [0.4, 0.5) is 0 Å². The molecule has 5 heteroatoms. The van der Waals surface area contributed by atoms with Crippen molar-refractivity contribution in [2.45, 2.75) is 12.8 Å². The third-order valence-electron chi connectivity index (χ3n) is 5.49. The van der Waals surface area contributed by atoms with Crippen LogP contribution in [0.25, 0.3) is 0 Å². The van der Waals surface area contributed by atoms with Gasteiger partial charge in [-0.1, -0.05) is 6.07 Å². The van der Waals surface area contributed by atoms with E-state index in [0.717, 1.165) is 51.4 Å². The fraction of sp³-hybridized carbons (Fsp3) is 0.632. The van der Waals surface area contributed by atoms with Crippen molar-refractivity contribution in [3.05, 3.63) is 29.8 Å². The van der Waals surface area contributed by atoms with E-state index in [1.54, 1.807) is 7.11 Å². The van der Waals surface area contributed by atoms with Gasteiger partial charge in [0.15, 0.2) is 0 Å². The van der Waals surface area contributed by atoms with E-state index in [1.807, 2.05) is 29.2 Å². The molecule has 2 fully saturated rings. The molecule has 132 valence electrons. The van der Waals surface area contributed by atoms with E-state index < -0.39 is 0 Å². The lowest BCUT2D eigenvalue weighted by molar-refractivity contribution is -0.00451. The Morgan fingerprint density at radius 3 is 2.79 bits per heavy atom. The highest BCUT2D eigenvalue weighted by molar-refractivity contribution is 5.94. The van der Waals surface area contributed by atoms with Crippen LogP contribution in [-0.4, -0.2) is 69.8 Å². The summed E-state index contributed by atoms with van der Waals surface area (Å²) in [6.45, 7) is 4.30. The van der Waals surface area contributed by atoms with Crippen LogP contribution in [0.3, 0.4) is 0 Å². The summed E-state index contributed by atoms with van der Waals surface area (Å²) in [5.41, 5.74) is 0.916. The van der Waals surface area contributed by atoms with Crippen LogP contribution in [0.5, 0.6) is 5.75 Å². The normalized spacial score (nSPS) is 23.0. The molecule has 3 rings (SSSR count). The molecule has 1 unspecified atom stereocenters. The number of methoxy groups -OCH3 is 1. The van der Waals surface area contributed by atoms with Gasteiger partial charge in [0, 0.05) is 38.4 Å². The quantitative estimate of drug-likeness (QED) is 0.847. The van der Waals surface area contributed by atoms with Crippen molar-refractivity contribution in [1.82, 2.24) is 9.80 Å². The molecule has 0 bridgehead atoms. The standard InChI is InChI=1S/C19H28N2O3/c1-20(2)12-16-13-21(14-19(16)7-9-24-10-8-19)18(22)15-5-4-6-17(11-15)23-3/h4-6,11,16H,7-10,12-14H2,1-3H3. The highest BCUT2D eigenvalue weighted by Gasteiger charge is 2.48. The molecule has 1 spiro atoms. The third-order valence-corrected chi connectivity index (χ3v) is 5.49. The summed E-state index contributed by atoms with van der Waals surface area (Å²) >= 11 is 0. The fourth-order valence-electron chi connectivity index (χ4n) is 4.16. The van der Waals surface area contributed by atoms with Crippen LogP contribution >= 0.6 is 0 Å². The average Bonchev–Trinajstić information content (AvgIpc) is 2.92. The zero-order valence-electron chi connectivity index (χ0n) is 15.0. The molecule has 2 heterocycles. The highest BCUT2D eigenvalue weighted by atomic mass is 16.5. The van der Waals surface area contributed by atoms with Crippen LogP contribution < -0.4 is 4.74 Å². The Hall–Kier alpha value is -1.59. The lowest BCUT2D eigenvalue weighted by atomic mass is 9.72. The molecule has 1 amide bonds. The number of amides is 1. The molecule has 0 aromatic heterocycles. The van der Waals surface area contributed by atoms with Gasteiger partial charge in [0.05, 0.1) is 7.11 Å². The summed E-state index contributed by atoms with van der Waals surface area (Å²) in [7, 11) is 5.85. The lowest BCUT2D eigenvalue weighted by Gasteiger charge is -2.38. The van der Waals surface area contributed by atoms with Gasteiger partial charge >= 0.3 is 0 Å². The number of benzene rings is 1. The third kappa shape index (κ3) is 3.42. The number of ether oxygens (including phenoxy) is 2. The van der Waals surface area contributed by atoms with E-state index in [1.165, 1.54) is 0 Å². The molecule has 5 nitrogen and oxygen atoms in total. The molecule has 2 aliphatic heterocycles. The van der Waals surface area contributed by atoms with E-state index in [9.17, 15) is 4.79 Å². The van der Waals surface area contributed by atoms with Gasteiger partial charge in [-0.3, -0.25) is 4.79 Å². The first-order valence-corrected chi connectivity index (χ1v) is 8.70. The second kappa shape index (κ2) is 7.11. The smallest absolute Gasteiger partial charge is 0.254 e. The van der Waals surface area contributed by atoms with Crippen LogP contribution in [0.1, 0.15) is 23.2 Å². The number of hydrogen-bond donors (Lipinski definition) is 0. The first-order valence-electron chi connectivity index (χ1n) is 8.70. The van der Waals surface area contributed by atoms with Crippen LogP contribution in [-0.2, 0) is 4.74 Å². The van der Waals surface area contributed by atoms with Crippen LogP contribution in [0.2, 0.25) is 0 Å². The van der Waals surface area contributed by atoms with Gasteiger partial charge < -0.3 is 19.3 Å². The van der Waals surface area contributed by atoms with Gasteiger partial charge in [0.2, 0.25) is 0 Å². The van der Waals surface area contributed by atoms with Gasteiger partial charge in [0.25, 0.3) is 5.91 Å². The Kier molecular flexibility index (Phi) is 5.11. The minimum absolute atomic E-state index is 0.112. The van der Waals surface area contributed by atoms with Gasteiger partial charge in [-0.05, 0) is 56.5 Å². The molecule has 2 aliphatic rings. The molecule has 1 atom stereocenters. The molecule has 1 aromatic carbocycles. The number of hydrogen-bond acceptors (Lipinski definition) is 4. The number of carbonyl (C=O) groups excluding carboxylic acids is 1. The first kappa shape index (κ1) is 17.2. The predicted molar refractivity (Wildman–Crippen MR) is 93.4 cm³/mol. The molecule has 1 aromatic rings. The van der Waals surface area contributed by atoms with Crippen molar-refractivity contribution in [3.63, 3.8) is 0 Å². The summed E-state index contributed by atoms with van der Waals surface area (Å²) in [4.78, 5) is 17.3. The molecular weight excluding hydrogens is 304 g/mol. The molecule has 2 saturated heterocycles. The molecule has 24 heavy (non-hydrogen) atoms. The van der Waals surface area contributed by atoms with E-state index in [2.05, 4.69) is 19.0 Å². The van der Waals surface area contributed by atoms with Crippen molar-refractivity contribution in [1.29, 1.82) is 0 Å². The summed E-state index contributed by atoms with van der Waals surface area (Å²) < 4.78 is 10.8. The van der Waals surface area contributed by atoms with Crippen molar-refractivity contribution in [2.24, 2.45) is 11.3 Å². The molecule has 0 aliphatic carbocycles. The fourth-order valence-corrected chi connectivity index (χ4v) is 4.16. The molecule has 0 radical (unpaired) electrons. The van der Waals surface area contributed by atoms with Crippen LogP contribution in [0, 0.1) is 11.3 Å². The van der Waals surface area contributed by atoms with Crippen LogP contribution in [0.15, 0.2) is 24.3 Å². The summed E-state index contributed by atoms with van der Waals surface area (Å²) in [5.74, 6) is 1.35. The average molecular weight is 332 g/mol. The van der Waals surface area contributed by atoms with Crippen molar-refractivity contribution in [2.75, 3.05) is 54.1 Å². The minimum Gasteiger partial charge on any atom is -0.497 e. The van der Waals surface area contributed by atoms with Crippen molar-refractivity contribution in [3.8, 4) is 5.75 Å². The Labute approximate surface area is 144 Å². The van der Waals surface area contributed by atoms with Crippen molar-refractivity contribution < 1.29 is 14.3 Å². The maximum atomic E-state index is 13.0. The summed E-state index contributed by atoms with van der Waals surface area (Å²) in [6.07, 6.45) is 2.10. The SMILES string of the molecule is COc1cccc(C(=O)N2CC(CN(C)C)C3(CCOCC3)C2)c1. The summed E-state index contributed by atoms with van der Waals surface area (Å²) in [5, 5.41) is 0. The van der Waals surface area contributed by atoms with Gasteiger partial charge in [-0.25, -0.2) is 0 Å². The predicted octanol–water partition coefficient (Wildman–Crippen LogP) is 2.13. The molecule has 0 N–H and O–H groups in total. The molecular formula is C19H28N2O3. The van der Waals surface area contributed by atoms with Gasteiger partial charge in [0.1, 0.15) is 5.75 Å². The number of rotatable bonds is 4. The number of carbonyl (C=O) groups is 1. The molecule has 0 saturated carbocycles. The second-order valence-corrected chi connectivity index (χ2v) is 7.35. The van der Waals surface area contributed by atoms with E-state index >= 15 is 0 Å². The van der Waals surface area contributed by atoms with Gasteiger partial charge in [-0.2, -0.15) is 0 Å². The maximum absolute atomic E-state index is 13.0. The van der Waals surface area contributed by atoms with E-state index in [-0.39, 0.29) is 11.3 Å². The van der Waals surface area contributed by atoms with Gasteiger partial charge in [-0.15, -0.1) is 0 Å². The Morgan fingerprint density at radius 1 is 1.38 bits per heavy atom. The lowest BCUT2D eigenvalue weighted by Crippen LogP contribution is -2.40. The number of likely N-dealkylation sites (tertiary alicyclic amines) is 1. The Bertz CT molecular complexity index is 582. The Balaban J connectivity index is 1.80. The van der Waals surface area contributed by atoms with E-state index in [0.29, 0.717) is 11.5 Å². The highest BCUT2D eigenvalue weighted by Crippen LogP contribution is 2.44. The minimum atomic E-state index is 0.112. The zero-order chi connectivity index (χ0) is 17.2.